The molecule has 4 nitrogen and oxygen atoms in total. The van der Waals surface area contributed by atoms with Crippen molar-refractivity contribution in [2.24, 2.45) is 5.92 Å². The van der Waals surface area contributed by atoms with E-state index in [9.17, 15) is 4.79 Å². The fourth-order valence-corrected chi connectivity index (χ4v) is 4.13. The van der Waals surface area contributed by atoms with Gasteiger partial charge in [-0.05, 0) is 44.9 Å². The molecule has 1 atom stereocenters. The predicted octanol–water partition coefficient (Wildman–Crippen LogP) is 2.28. The monoisotopic (exact) mass is 294 g/mol. The number of hydrogen-bond donors (Lipinski definition) is 0. The van der Waals surface area contributed by atoms with Crippen LogP contribution in [0.1, 0.15) is 51.9 Å². The largest absolute Gasteiger partial charge is 0.365 e. The molecule has 2 aliphatic heterocycles. The van der Waals surface area contributed by atoms with E-state index < -0.39 is 5.60 Å². The predicted molar refractivity (Wildman–Crippen MR) is 83.2 cm³/mol. The standard InChI is InChI=1S/C17H30N2O2/c1-17(8-4-5-13-21-17)16(20)19-11-9-18(10-12-19)14-15-6-2-3-7-15/h15H,2-14H2,1H3/t17-/m1/s1. The van der Waals surface area contributed by atoms with Crippen LogP contribution >= 0.6 is 0 Å². The zero-order valence-corrected chi connectivity index (χ0v) is 13.5. The van der Waals surface area contributed by atoms with Crippen molar-refractivity contribution in [3.05, 3.63) is 0 Å². The molecule has 2 saturated heterocycles. The lowest BCUT2D eigenvalue weighted by atomic mass is 9.94. The van der Waals surface area contributed by atoms with Gasteiger partial charge in [-0.15, -0.1) is 0 Å². The molecule has 4 heteroatoms. The van der Waals surface area contributed by atoms with Gasteiger partial charge in [-0.3, -0.25) is 9.69 Å². The van der Waals surface area contributed by atoms with E-state index in [1.165, 1.54) is 32.2 Å². The van der Waals surface area contributed by atoms with Crippen LogP contribution in [0.25, 0.3) is 0 Å². The zero-order valence-electron chi connectivity index (χ0n) is 13.5. The highest BCUT2D eigenvalue weighted by atomic mass is 16.5. The van der Waals surface area contributed by atoms with Crippen LogP contribution in [-0.2, 0) is 9.53 Å². The Hall–Kier alpha value is -0.610. The van der Waals surface area contributed by atoms with E-state index in [1.807, 2.05) is 11.8 Å². The Bertz CT molecular complexity index is 352. The van der Waals surface area contributed by atoms with Gasteiger partial charge < -0.3 is 9.64 Å². The van der Waals surface area contributed by atoms with Gasteiger partial charge in [0.2, 0.25) is 0 Å². The van der Waals surface area contributed by atoms with Gasteiger partial charge in [0.25, 0.3) is 5.91 Å². The van der Waals surface area contributed by atoms with Crippen LogP contribution in [0.3, 0.4) is 0 Å². The Morgan fingerprint density at radius 3 is 2.43 bits per heavy atom. The van der Waals surface area contributed by atoms with Crippen molar-refractivity contribution in [2.75, 3.05) is 39.3 Å². The molecule has 0 aromatic heterocycles. The average Bonchev–Trinajstić information content (AvgIpc) is 3.01. The lowest BCUT2D eigenvalue weighted by Crippen LogP contribution is -2.56. The third-order valence-electron chi connectivity index (χ3n) is 5.57. The van der Waals surface area contributed by atoms with E-state index in [4.69, 9.17) is 4.74 Å². The molecular weight excluding hydrogens is 264 g/mol. The maximum absolute atomic E-state index is 12.7. The van der Waals surface area contributed by atoms with Gasteiger partial charge in [0.1, 0.15) is 5.60 Å². The van der Waals surface area contributed by atoms with Gasteiger partial charge in [0, 0.05) is 39.3 Å². The minimum absolute atomic E-state index is 0.225. The first-order chi connectivity index (χ1) is 10.2. The highest BCUT2D eigenvalue weighted by molar-refractivity contribution is 5.85. The first-order valence-electron chi connectivity index (χ1n) is 8.83. The number of rotatable bonds is 3. The Morgan fingerprint density at radius 1 is 1.10 bits per heavy atom. The van der Waals surface area contributed by atoms with Crippen molar-refractivity contribution in [1.82, 2.24) is 9.80 Å². The van der Waals surface area contributed by atoms with E-state index in [1.54, 1.807) is 0 Å². The van der Waals surface area contributed by atoms with Gasteiger partial charge in [-0.2, -0.15) is 0 Å². The van der Waals surface area contributed by atoms with E-state index in [-0.39, 0.29) is 5.91 Å². The lowest BCUT2D eigenvalue weighted by molar-refractivity contribution is -0.163. The average molecular weight is 294 g/mol. The number of ether oxygens (including phenoxy) is 1. The zero-order chi connectivity index (χ0) is 14.7. The summed E-state index contributed by atoms with van der Waals surface area (Å²) in [5, 5.41) is 0. The summed E-state index contributed by atoms with van der Waals surface area (Å²) in [5.41, 5.74) is -0.550. The molecule has 21 heavy (non-hydrogen) atoms. The molecule has 3 fully saturated rings. The molecular formula is C17H30N2O2. The molecule has 0 radical (unpaired) electrons. The molecule has 1 saturated carbocycles. The Labute approximate surface area is 128 Å². The Morgan fingerprint density at radius 2 is 1.81 bits per heavy atom. The van der Waals surface area contributed by atoms with E-state index in [2.05, 4.69) is 4.90 Å². The van der Waals surface area contributed by atoms with Crippen LogP contribution in [0.5, 0.6) is 0 Å². The molecule has 0 aromatic rings. The second-order valence-electron chi connectivity index (χ2n) is 7.28. The van der Waals surface area contributed by atoms with Crippen molar-refractivity contribution in [3.8, 4) is 0 Å². The van der Waals surface area contributed by atoms with Crippen LogP contribution in [0.4, 0.5) is 0 Å². The Kier molecular flexibility index (Phi) is 4.85. The van der Waals surface area contributed by atoms with Crippen LogP contribution < -0.4 is 0 Å². The van der Waals surface area contributed by atoms with Crippen molar-refractivity contribution >= 4 is 5.91 Å². The van der Waals surface area contributed by atoms with Gasteiger partial charge in [-0.25, -0.2) is 0 Å². The van der Waals surface area contributed by atoms with E-state index >= 15 is 0 Å². The molecule has 120 valence electrons. The SMILES string of the molecule is C[C@]1(C(=O)N2CCN(CC3CCCC3)CC2)CCCCO1. The minimum atomic E-state index is -0.550. The number of carbonyl (C=O) groups is 1. The van der Waals surface area contributed by atoms with Crippen molar-refractivity contribution in [2.45, 2.75) is 57.5 Å². The maximum Gasteiger partial charge on any atom is 0.254 e. The molecule has 0 aromatic carbocycles. The number of hydrogen-bond acceptors (Lipinski definition) is 3. The number of amides is 1. The van der Waals surface area contributed by atoms with Crippen LogP contribution in [0.2, 0.25) is 0 Å². The molecule has 3 aliphatic rings. The van der Waals surface area contributed by atoms with E-state index in [0.717, 1.165) is 58.0 Å². The minimum Gasteiger partial charge on any atom is -0.365 e. The second kappa shape index (κ2) is 6.66. The highest BCUT2D eigenvalue weighted by Crippen LogP contribution is 2.28. The van der Waals surface area contributed by atoms with Gasteiger partial charge in [0.15, 0.2) is 0 Å². The summed E-state index contributed by atoms with van der Waals surface area (Å²) < 4.78 is 5.81. The maximum atomic E-state index is 12.7. The molecule has 0 bridgehead atoms. The van der Waals surface area contributed by atoms with Crippen molar-refractivity contribution in [3.63, 3.8) is 0 Å². The van der Waals surface area contributed by atoms with Gasteiger partial charge in [0.05, 0.1) is 0 Å². The molecule has 0 N–H and O–H groups in total. The molecule has 0 unspecified atom stereocenters. The summed E-state index contributed by atoms with van der Waals surface area (Å²) in [5.74, 6) is 1.13. The van der Waals surface area contributed by atoms with Crippen molar-refractivity contribution < 1.29 is 9.53 Å². The molecule has 2 heterocycles. The summed E-state index contributed by atoms with van der Waals surface area (Å²) in [6, 6.07) is 0. The van der Waals surface area contributed by atoms with Gasteiger partial charge >= 0.3 is 0 Å². The first kappa shape index (κ1) is 15.3. The summed E-state index contributed by atoms with van der Waals surface area (Å²) in [6.45, 7) is 7.81. The highest BCUT2D eigenvalue weighted by Gasteiger charge is 2.39. The molecule has 1 aliphatic carbocycles. The number of nitrogens with zero attached hydrogens (tertiary/aromatic N) is 2. The van der Waals surface area contributed by atoms with Crippen LogP contribution in [-0.4, -0.2) is 60.6 Å². The molecule has 1 amide bonds. The van der Waals surface area contributed by atoms with Crippen LogP contribution in [0, 0.1) is 5.92 Å². The molecule has 0 spiro atoms. The second-order valence-corrected chi connectivity index (χ2v) is 7.28. The first-order valence-corrected chi connectivity index (χ1v) is 8.83. The number of carbonyl (C=O) groups excluding carboxylic acids is 1. The summed E-state index contributed by atoms with van der Waals surface area (Å²) in [4.78, 5) is 17.3. The quantitative estimate of drug-likeness (QED) is 0.800. The summed E-state index contributed by atoms with van der Waals surface area (Å²) in [7, 11) is 0. The third-order valence-corrected chi connectivity index (χ3v) is 5.57. The third kappa shape index (κ3) is 3.59. The van der Waals surface area contributed by atoms with Crippen molar-refractivity contribution in [1.29, 1.82) is 0 Å². The topological polar surface area (TPSA) is 32.8 Å². The van der Waals surface area contributed by atoms with E-state index in [0.29, 0.717) is 0 Å². The normalized spacial score (nSPS) is 32.5. The summed E-state index contributed by atoms with van der Waals surface area (Å²) >= 11 is 0. The van der Waals surface area contributed by atoms with Gasteiger partial charge in [-0.1, -0.05) is 12.8 Å². The fraction of sp³-hybridized carbons (Fsp3) is 0.941. The number of piperazine rings is 1. The lowest BCUT2D eigenvalue weighted by Gasteiger charge is -2.41. The smallest absolute Gasteiger partial charge is 0.254 e. The summed E-state index contributed by atoms with van der Waals surface area (Å²) in [6.07, 6.45) is 8.74. The fourth-order valence-electron chi connectivity index (χ4n) is 4.13. The Balaban J connectivity index is 1.47. The van der Waals surface area contributed by atoms with Crippen LogP contribution in [0.15, 0.2) is 0 Å². The molecule has 3 rings (SSSR count).